The number of amides is 2. The van der Waals surface area contributed by atoms with Crippen LogP contribution in [0.25, 0.3) is 0 Å². The minimum absolute atomic E-state index is 0.0748. The van der Waals surface area contributed by atoms with Gasteiger partial charge in [0.1, 0.15) is 5.75 Å². The lowest BCUT2D eigenvalue weighted by molar-refractivity contribution is -0.159. The van der Waals surface area contributed by atoms with E-state index >= 15 is 0 Å². The minimum Gasteiger partial charge on any atom is -0.478 e. The van der Waals surface area contributed by atoms with Gasteiger partial charge in [0.2, 0.25) is 0 Å². The molecule has 0 unspecified atom stereocenters. The molecule has 0 saturated carbocycles. The highest BCUT2D eigenvalue weighted by Gasteiger charge is 2.28. The van der Waals surface area contributed by atoms with Crippen LogP contribution in [0.2, 0.25) is 0 Å². The van der Waals surface area contributed by atoms with Crippen LogP contribution in [-0.4, -0.2) is 64.9 Å². The van der Waals surface area contributed by atoms with Crippen molar-refractivity contribution in [3.63, 3.8) is 0 Å². The Kier molecular flexibility index (Phi) is 8.09. The highest BCUT2D eigenvalue weighted by Crippen LogP contribution is 2.20. The number of carboxylic acid groups (broad SMARTS) is 2. The first-order valence-corrected chi connectivity index (χ1v) is 10.7. The van der Waals surface area contributed by atoms with Gasteiger partial charge >= 0.3 is 18.0 Å². The Morgan fingerprint density at radius 2 is 1.55 bits per heavy atom. The lowest BCUT2D eigenvalue weighted by Crippen LogP contribution is -2.44. The van der Waals surface area contributed by atoms with Crippen LogP contribution in [-0.2, 0) is 16.0 Å². The summed E-state index contributed by atoms with van der Waals surface area (Å²) in [5.41, 5.74) is 8.33. The van der Waals surface area contributed by atoms with Gasteiger partial charge in [0, 0.05) is 30.5 Å². The molecule has 0 atom stereocenters. The minimum atomic E-state index is -2.00. The second-order valence-corrected chi connectivity index (χ2v) is 7.77. The lowest BCUT2D eigenvalue weighted by Gasteiger charge is -2.33. The number of carbonyl (C=O) groups excluding carboxylic acids is 1. The van der Waals surface area contributed by atoms with E-state index in [4.69, 9.17) is 20.7 Å². The Bertz CT molecular complexity index is 942. The number of rotatable bonds is 9. The second-order valence-electron chi connectivity index (χ2n) is 7.77. The van der Waals surface area contributed by atoms with Gasteiger partial charge in [-0.1, -0.05) is 12.1 Å². The molecule has 2 aromatic rings. The molecule has 1 aliphatic rings. The zero-order valence-electron chi connectivity index (χ0n) is 18.1. The van der Waals surface area contributed by atoms with Crippen molar-refractivity contribution in [1.82, 2.24) is 4.90 Å². The van der Waals surface area contributed by atoms with Crippen molar-refractivity contribution in [2.75, 3.05) is 30.3 Å². The number of piperidine rings is 1. The molecule has 3 rings (SSSR count). The SMILES string of the molecule is NCCc1ccc(NC2CCN(C(=O)Nc3ccc(OC(C(=O)O)C(=O)O)cc3)CC2)cc1. The number of likely N-dealkylation sites (tertiary alicyclic amines) is 1. The number of aliphatic carboxylic acids is 2. The molecule has 6 N–H and O–H groups in total. The first-order chi connectivity index (χ1) is 15.9. The molecular weight excluding hydrogens is 428 g/mol. The molecule has 176 valence electrons. The summed E-state index contributed by atoms with van der Waals surface area (Å²) in [6.07, 6.45) is 0.492. The molecule has 33 heavy (non-hydrogen) atoms. The van der Waals surface area contributed by atoms with Crippen molar-refractivity contribution in [3.05, 3.63) is 54.1 Å². The van der Waals surface area contributed by atoms with Gasteiger partial charge < -0.3 is 36.2 Å². The third-order valence-electron chi connectivity index (χ3n) is 5.35. The Labute approximate surface area is 191 Å². The Balaban J connectivity index is 1.46. The molecule has 2 aromatic carbocycles. The number of nitrogens with zero attached hydrogens (tertiary/aromatic N) is 1. The molecule has 1 heterocycles. The summed E-state index contributed by atoms with van der Waals surface area (Å²) in [5, 5.41) is 24.1. The highest BCUT2D eigenvalue weighted by atomic mass is 16.5. The van der Waals surface area contributed by atoms with Crippen molar-refractivity contribution in [2.45, 2.75) is 31.4 Å². The first kappa shape index (κ1) is 23.9. The number of hydrogen-bond acceptors (Lipinski definition) is 6. The van der Waals surface area contributed by atoms with Crippen LogP contribution in [0.4, 0.5) is 16.2 Å². The van der Waals surface area contributed by atoms with Crippen LogP contribution < -0.4 is 21.1 Å². The molecule has 1 fully saturated rings. The highest BCUT2D eigenvalue weighted by molar-refractivity contribution is 5.96. The largest absolute Gasteiger partial charge is 0.478 e. The number of benzene rings is 2. The van der Waals surface area contributed by atoms with E-state index in [-0.39, 0.29) is 17.8 Å². The van der Waals surface area contributed by atoms with Crippen molar-refractivity contribution in [1.29, 1.82) is 0 Å². The summed E-state index contributed by atoms with van der Waals surface area (Å²) in [7, 11) is 0. The van der Waals surface area contributed by atoms with Gasteiger partial charge in [-0.15, -0.1) is 0 Å². The average molecular weight is 456 g/mol. The van der Waals surface area contributed by atoms with Gasteiger partial charge in [-0.05, 0) is 67.8 Å². The molecule has 0 spiro atoms. The number of nitrogens with one attached hydrogen (secondary N) is 2. The maximum absolute atomic E-state index is 12.6. The summed E-state index contributed by atoms with van der Waals surface area (Å²) < 4.78 is 4.96. The molecule has 0 aliphatic carbocycles. The summed E-state index contributed by atoms with van der Waals surface area (Å²) in [5.74, 6) is -3.12. The average Bonchev–Trinajstić information content (AvgIpc) is 2.80. The van der Waals surface area contributed by atoms with Crippen LogP contribution in [0.3, 0.4) is 0 Å². The number of carbonyl (C=O) groups is 3. The number of nitrogens with two attached hydrogens (primary N) is 1. The van der Waals surface area contributed by atoms with Gasteiger partial charge in [-0.2, -0.15) is 0 Å². The fourth-order valence-corrected chi connectivity index (χ4v) is 3.56. The van der Waals surface area contributed by atoms with E-state index in [1.165, 1.54) is 29.8 Å². The van der Waals surface area contributed by atoms with Crippen LogP contribution in [0.5, 0.6) is 5.75 Å². The molecular formula is C23H28N4O6. The molecule has 0 radical (unpaired) electrons. The molecule has 1 saturated heterocycles. The van der Waals surface area contributed by atoms with Crippen LogP contribution >= 0.6 is 0 Å². The predicted octanol–water partition coefficient (Wildman–Crippen LogP) is 2.21. The lowest BCUT2D eigenvalue weighted by atomic mass is 10.0. The number of anilines is 2. The van der Waals surface area contributed by atoms with Crippen molar-refractivity contribution in [3.8, 4) is 5.75 Å². The van der Waals surface area contributed by atoms with E-state index < -0.39 is 18.0 Å². The number of hydrogen-bond donors (Lipinski definition) is 5. The van der Waals surface area contributed by atoms with Crippen molar-refractivity contribution < 1.29 is 29.3 Å². The van der Waals surface area contributed by atoms with Gasteiger partial charge in [0.05, 0.1) is 0 Å². The Hall–Kier alpha value is -3.79. The third-order valence-corrected chi connectivity index (χ3v) is 5.35. The van der Waals surface area contributed by atoms with E-state index in [0.29, 0.717) is 25.3 Å². The summed E-state index contributed by atoms with van der Waals surface area (Å²) in [4.78, 5) is 36.1. The van der Waals surface area contributed by atoms with Gasteiger partial charge in [-0.3, -0.25) is 0 Å². The fraction of sp³-hybridized carbons (Fsp3) is 0.348. The molecule has 10 nitrogen and oxygen atoms in total. The van der Waals surface area contributed by atoms with Crippen LogP contribution in [0, 0.1) is 0 Å². The third kappa shape index (κ3) is 6.84. The zero-order valence-corrected chi connectivity index (χ0v) is 18.1. The molecule has 2 amide bonds. The predicted molar refractivity (Wildman–Crippen MR) is 123 cm³/mol. The maximum Gasteiger partial charge on any atom is 0.356 e. The quantitative estimate of drug-likeness (QED) is 0.360. The normalized spacial score (nSPS) is 14.1. The maximum atomic E-state index is 12.6. The van der Waals surface area contributed by atoms with Gasteiger partial charge in [-0.25, -0.2) is 14.4 Å². The van der Waals surface area contributed by atoms with Gasteiger partial charge in [0.15, 0.2) is 0 Å². The van der Waals surface area contributed by atoms with E-state index in [0.717, 1.165) is 24.9 Å². The standard InChI is InChI=1S/C23H28N4O6/c24-12-9-15-1-3-16(4-2-15)25-18-10-13-27(14-11-18)23(32)26-17-5-7-19(8-6-17)33-20(21(28)29)22(30)31/h1-8,18,20,25H,9-14,24H2,(H,26,32)(H,28,29)(H,30,31). The van der Waals surface area contributed by atoms with Crippen LogP contribution in [0.15, 0.2) is 48.5 Å². The molecule has 1 aliphatic heterocycles. The number of carboxylic acids is 2. The van der Waals surface area contributed by atoms with Crippen LogP contribution in [0.1, 0.15) is 18.4 Å². The Morgan fingerprint density at radius 1 is 0.970 bits per heavy atom. The number of ether oxygens (including phenoxy) is 1. The zero-order chi connectivity index (χ0) is 23.8. The first-order valence-electron chi connectivity index (χ1n) is 10.7. The second kappa shape index (κ2) is 11.2. The van der Waals surface area contributed by atoms with E-state index in [1.807, 2.05) is 12.1 Å². The van der Waals surface area contributed by atoms with E-state index in [2.05, 4.69) is 22.8 Å². The summed E-state index contributed by atoms with van der Waals surface area (Å²) >= 11 is 0. The smallest absolute Gasteiger partial charge is 0.356 e. The molecule has 0 bridgehead atoms. The molecule has 0 aromatic heterocycles. The summed E-state index contributed by atoms with van der Waals surface area (Å²) in [6.45, 7) is 1.84. The van der Waals surface area contributed by atoms with E-state index in [1.54, 1.807) is 4.90 Å². The van der Waals surface area contributed by atoms with Gasteiger partial charge in [0.25, 0.3) is 6.10 Å². The number of urea groups is 1. The summed E-state index contributed by atoms with van der Waals surface area (Å²) in [6, 6.07) is 14.1. The Morgan fingerprint density at radius 3 is 2.09 bits per heavy atom. The van der Waals surface area contributed by atoms with Crippen molar-refractivity contribution in [2.24, 2.45) is 5.73 Å². The molecule has 10 heteroatoms. The van der Waals surface area contributed by atoms with Crippen molar-refractivity contribution >= 4 is 29.3 Å². The van der Waals surface area contributed by atoms with E-state index in [9.17, 15) is 14.4 Å². The fourth-order valence-electron chi connectivity index (χ4n) is 3.56. The topological polar surface area (TPSA) is 154 Å². The monoisotopic (exact) mass is 456 g/mol.